The highest BCUT2D eigenvalue weighted by atomic mass is 31.2. The van der Waals surface area contributed by atoms with Gasteiger partial charge in [0, 0.05) is 40.3 Å². The van der Waals surface area contributed by atoms with Gasteiger partial charge in [-0.2, -0.15) is 10.2 Å². The van der Waals surface area contributed by atoms with Crippen LogP contribution in [-0.2, 0) is 49.7 Å². The van der Waals surface area contributed by atoms with Crippen LogP contribution in [0, 0.1) is 37.8 Å². The highest BCUT2D eigenvalue weighted by Gasteiger charge is 2.39. The maximum Gasteiger partial charge on any atom is 0.477 e. The third-order valence-corrected chi connectivity index (χ3v) is 11.5. The minimum atomic E-state index is -3.88. The molecular weight excluding hydrogens is 786 g/mol. The van der Waals surface area contributed by atoms with Crippen molar-refractivity contribution >= 4 is 27.0 Å². The zero-order valence-corrected chi connectivity index (χ0v) is 38.6. The van der Waals surface area contributed by atoms with Crippen LogP contribution in [0.4, 0.5) is 11.4 Å². The van der Waals surface area contributed by atoms with Crippen molar-refractivity contribution in [2.45, 2.75) is 147 Å². The Morgan fingerprint density at radius 3 is 1.16 bits per heavy atom. The number of nitrogen functional groups attached to an aromatic ring is 1. The number of phosphoric ester groups is 2. The molecule has 0 saturated heterocycles. The van der Waals surface area contributed by atoms with Crippen LogP contribution in [0.25, 0.3) is 22.3 Å². The molecule has 0 fully saturated rings. The lowest BCUT2D eigenvalue weighted by Crippen LogP contribution is -2.25. The Balaban J connectivity index is 0.000000311. The van der Waals surface area contributed by atoms with Crippen LogP contribution in [0.5, 0.6) is 0 Å². The van der Waals surface area contributed by atoms with Gasteiger partial charge >= 0.3 is 15.6 Å². The molecule has 0 spiro atoms. The van der Waals surface area contributed by atoms with E-state index in [1.54, 1.807) is 105 Å². The number of anilines is 1. The van der Waals surface area contributed by atoms with Crippen molar-refractivity contribution in [1.82, 2.24) is 19.6 Å². The third-order valence-electron chi connectivity index (χ3n) is 7.55. The number of aryl methyl sites for hydroxylation is 2. The molecule has 2 aromatic heterocycles. The fourth-order valence-corrected chi connectivity index (χ4v) is 9.09. The minimum absolute atomic E-state index is 0.0179. The number of phosphoric acid groups is 2. The highest BCUT2D eigenvalue weighted by molar-refractivity contribution is 7.48. The molecule has 2 N–H and O–H groups in total. The molecule has 4 rings (SSSR count). The average molecular weight is 849 g/mol. The Hall–Kier alpha value is -3.72. The Kier molecular flexibility index (Phi) is 15.3. The number of hydrogen-bond acceptors (Lipinski definition) is 13. The monoisotopic (exact) mass is 848 g/mol. The number of benzene rings is 2. The second-order valence-electron chi connectivity index (χ2n) is 17.7. The highest BCUT2D eigenvalue weighted by Crippen LogP contribution is 2.56. The maximum atomic E-state index is 13.2. The number of aromatic nitrogens is 4. The van der Waals surface area contributed by atoms with E-state index in [4.69, 9.17) is 32.9 Å². The number of nitro benzene ring substituents is 1. The van der Waals surface area contributed by atoms with Crippen molar-refractivity contribution in [2.24, 2.45) is 0 Å². The molecule has 0 aliphatic rings. The standard InChI is InChI=1S/C20H30N3O6P.C20H32N3O4P/c1-14-18(16-9-11-17(12-10-16)23(24)25)15(2)22(21-14)13-27-30(26,28-19(3,4)5)29-20(6,7)8;1-14-18(16-9-11-17(21)12-10-16)15(2)23(22-14)13-25-28(24,26-19(3,4)5)27-20(6,7)8/h9-12H,13H2,1-8H3;9-12H,13,21H2,1-8H3. The number of rotatable bonds is 13. The lowest BCUT2D eigenvalue weighted by molar-refractivity contribution is -0.384. The summed E-state index contributed by atoms with van der Waals surface area (Å²) in [6, 6.07) is 13.9. The number of hydrogen-bond donors (Lipinski definition) is 1. The van der Waals surface area contributed by atoms with E-state index in [2.05, 4.69) is 10.2 Å². The largest absolute Gasteiger partial charge is 0.477 e. The molecule has 322 valence electrons. The first-order chi connectivity index (χ1) is 26.3. The second kappa shape index (κ2) is 18.3. The minimum Gasteiger partial charge on any atom is -0.399 e. The summed E-state index contributed by atoms with van der Waals surface area (Å²) in [5.41, 5.74) is 10.5. The van der Waals surface area contributed by atoms with E-state index in [9.17, 15) is 19.2 Å². The molecule has 0 aliphatic carbocycles. The predicted octanol–water partition coefficient (Wildman–Crippen LogP) is 11.2. The normalized spacial score (nSPS) is 13.0. The van der Waals surface area contributed by atoms with E-state index >= 15 is 0 Å². The van der Waals surface area contributed by atoms with E-state index < -0.39 is 43.0 Å². The van der Waals surface area contributed by atoms with E-state index in [1.165, 1.54) is 12.1 Å². The molecule has 0 atom stereocenters. The summed E-state index contributed by atoms with van der Waals surface area (Å²) in [7, 11) is -7.69. The van der Waals surface area contributed by atoms with Crippen LogP contribution < -0.4 is 5.73 Å². The molecular formula is C40H62N6O10P2. The van der Waals surface area contributed by atoms with Crippen molar-refractivity contribution < 1.29 is 41.2 Å². The first kappa shape index (κ1) is 48.6. The number of nitrogens with zero attached hydrogens (tertiary/aromatic N) is 5. The molecule has 0 saturated carbocycles. The smallest absolute Gasteiger partial charge is 0.399 e. The zero-order chi connectivity index (χ0) is 44.2. The quantitative estimate of drug-likeness (QED) is 0.0578. The molecule has 0 radical (unpaired) electrons. The number of non-ortho nitro benzene ring substituents is 1. The van der Waals surface area contributed by atoms with Crippen LogP contribution in [0.2, 0.25) is 0 Å². The van der Waals surface area contributed by atoms with Crippen LogP contribution in [0.15, 0.2) is 48.5 Å². The fraction of sp³-hybridized carbons (Fsp3) is 0.550. The average Bonchev–Trinajstić information content (AvgIpc) is 3.48. The summed E-state index contributed by atoms with van der Waals surface area (Å²) in [5.74, 6) is 0. The van der Waals surface area contributed by atoms with Gasteiger partial charge in [0.2, 0.25) is 0 Å². The van der Waals surface area contributed by atoms with Gasteiger partial charge in [0.15, 0.2) is 13.5 Å². The van der Waals surface area contributed by atoms with Crippen molar-refractivity contribution in [2.75, 3.05) is 5.73 Å². The van der Waals surface area contributed by atoms with Gasteiger partial charge < -0.3 is 5.73 Å². The Morgan fingerprint density at radius 1 is 0.586 bits per heavy atom. The third kappa shape index (κ3) is 14.8. The van der Waals surface area contributed by atoms with Gasteiger partial charge in [-0.3, -0.25) is 37.3 Å². The van der Waals surface area contributed by atoms with E-state index in [1.807, 2.05) is 52.0 Å². The summed E-state index contributed by atoms with van der Waals surface area (Å²) < 4.78 is 63.5. The van der Waals surface area contributed by atoms with Crippen molar-refractivity contribution in [3.05, 3.63) is 81.4 Å². The summed E-state index contributed by atoms with van der Waals surface area (Å²) in [6.45, 7) is 28.8. The molecule has 2 aromatic carbocycles. The molecule has 0 amide bonds. The predicted molar refractivity (Wildman–Crippen MR) is 226 cm³/mol. The van der Waals surface area contributed by atoms with Crippen molar-refractivity contribution in [1.29, 1.82) is 0 Å². The topological polar surface area (TPSA) is 194 Å². The number of nitrogens with two attached hydrogens (primary N) is 1. The lowest BCUT2D eigenvalue weighted by atomic mass is 10.0. The Morgan fingerprint density at radius 2 is 0.879 bits per heavy atom. The van der Waals surface area contributed by atoms with Crippen LogP contribution in [-0.4, -0.2) is 46.9 Å². The van der Waals surface area contributed by atoms with Crippen molar-refractivity contribution in [3.63, 3.8) is 0 Å². The van der Waals surface area contributed by atoms with Gasteiger partial charge in [-0.25, -0.2) is 18.5 Å². The Bertz CT molecular complexity index is 2080. The molecule has 18 heteroatoms. The Labute approximate surface area is 343 Å². The van der Waals surface area contributed by atoms with E-state index in [0.29, 0.717) is 11.4 Å². The maximum absolute atomic E-state index is 13.2. The molecule has 16 nitrogen and oxygen atoms in total. The molecule has 0 bridgehead atoms. The first-order valence-corrected chi connectivity index (χ1v) is 21.7. The number of nitro groups is 1. The van der Waals surface area contributed by atoms with Gasteiger partial charge in [-0.15, -0.1) is 0 Å². The fourth-order valence-electron chi connectivity index (χ4n) is 5.62. The first-order valence-electron chi connectivity index (χ1n) is 18.8. The van der Waals surface area contributed by atoms with E-state index in [-0.39, 0.29) is 19.1 Å². The molecule has 58 heavy (non-hydrogen) atoms. The van der Waals surface area contributed by atoms with Crippen molar-refractivity contribution in [3.8, 4) is 22.3 Å². The zero-order valence-electron chi connectivity index (χ0n) is 36.8. The van der Waals surface area contributed by atoms with E-state index in [0.717, 1.165) is 39.3 Å². The van der Waals surface area contributed by atoms with Gasteiger partial charge in [0.1, 0.15) is 0 Å². The summed E-state index contributed by atoms with van der Waals surface area (Å²) in [5, 5.41) is 19.9. The second-order valence-corrected chi connectivity index (χ2v) is 20.8. The van der Waals surface area contributed by atoms with Crippen LogP contribution in [0.1, 0.15) is 106 Å². The van der Waals surface area contributed by atoms with Crippen LogP contribution in [0.3, 0.4) is 0 Å². The summed E-state index contributed by atoms with van der Waals surface area (Å²) in [6.07, 6.45) is 0. The van der Waals surface area contributed by atoms with Gasteiger partial charge in [0.05, 0.1) is 38.7 Å². The molecule has 0 aliphatic heterocycles. The molecule has 2 heterocycles. The SMILES string of the molecule is Cc1nn(COP(=O)(OC(C)(C)C)OC(C)(C)C)c(C)c1-c1ccc(N)cc1.Cc1nn(COP(=O)(OC(C)(C)C)OC(C)(C)C)c(C)c1-c1ccc([N+](=O)[O-])cc1. The summed E-state index contributed by atoms with van der Waals surface area (Å²) in [4.78, 5) is 10.4. The lowest BCUT2D eigenvalue weighted by Gasteiger charge is -2.30. The molecule has 4 aromatic rings. The van der Waals surface area contributed by atoms with Gasteiger partial charge in [-0.1, -0.05) is 12.1 Å². The molecule has 0 unspecified atom stereocenters. The van der Waals surface area contributed by atoms with Gasteiger partial charge in [0.25, 0.3) is 5.69 Å². The van der Waals surface area contributed by atoms with Crippen LogP contribution >= 0.6 is 15.6 Å². The summed E-state index contributed by atoms with van der Waals surface area (Å²) >= 11 is 0. The van der Waals surface area contributed by atoms with Gasteiger partial charge in [-0.05, 0) is 146 Å².